The lowest BCUT2D eigenvalue weighted by molar-refractivity contribution is -0.121. The Morgan fingerprint density at radius 2 is 0.875 bits per heavy atom. The first kappa shape index (κ1) is 46.6. The number of amides is 1. The van der Waals surface area contributed by atoms with Gasteiger partial charge in [-0.3, -0.25) is 4.79 Å². The zero-order chi connectivity index (χ0) is 40.1. The third kappa shape index (κ3) is 19.9. The maximum Gasteiger partial charge on any atom is 0.220 e. The molecule has 0 heterocycles. The van der Waals surface area contributed by atoms with Crippen LogP contribution in [0, 0.1) is 0 Å². The molecule has 0 radical (unpaired) electrons. The quantitative estimate of drug-likeness (QED) is 0.0672. The Morgan fingerprint density at radius 3 is 1.25 bits per heavy atom. The molecule has 312 valence electrons. The maximum atomic E-state index is 12.3. The molecule has 0 unspecified atom stereocenters. The topological polar surface area (TPSA) is 135 Å². The van der Waals surface area contributed by atoms with Crippen molar-refractivity contribution in [3.05, 3.63) is 89.5 Å². The molecule has 3 aromatic rings. The zero-order valence-corrected chi connectivity index (χ0v) is 34.1. The van der Waals surface area contributed by atoms with Crippen LogP contribution >= 0.6 is 0 Å². The zero-order valence-electron chi connectivity index (χ0n) is 34.1. The van der Waals surface area contributed by atoms with Crippen LogP contribution in [-0.4, -0.2) is 146 Å². The lowest BCUT2D eigenvalue weighted by Crippen LogP contribution is -2.27. The van der Waals surface area contributed by atoms with Gasteiger partial charge in [-0.25, -0.2) is 0 Å². The van der Waals surface area contributed by atoms with Crippen LogP contribution in [0.25, 0.3) is 0 Å². The molecule has 0 aromatic heterocycles. The summed E-state index contributed by atoms with van der Waals surface area (Å²) in [5.74, 6) is 0.847. The molecule has 0 aliphatic carbocycles. The molecular weight excluding hydrogens is 716 g/mol. The number of carbonyl (C=O) groups excluding carboxylic acids is 1. The molecular formula is C43H66N4O9. The van der Waals surface area contributed by atoms with E-state index in [1.54, 1.807) is 0 Å². The van der Waals surface area contributed by atoms with Crippen LogP contribution in [0.3, 0.4) is 0 Å². The van der Waals surface area contributed by atoms with E-state index in [2.05, 4.69) is 104 Å². The van der Waals surface area contributed by atoms with Crippen molar-refractivity contribution in [3.8, 4) is 5.75 Å². The average Bonchev–Trinajstić information content (AvgIpc) is 3.21. The number of anilines is 2. The van der Waals surface area contributed by atoms with E-state index in [0.717, 1.165) is 5.75 Å². The molecule has 0 atom stereocenters. The number of hydrogen-bond acceptors (Lipinski definition) is 12. The van der Waals surface area contributed by atoms with E-state index in [1.165, 1.54) is 28.1 Å². The Morgan fingerprint density at radius 1 is 0.518 bits per heavy atom. The highest BCUT2D eigenvalue weighted by Gasteiger charge is 2.18. The second-order valence-electron chi connectivity index (χ2n) is 13.4. The summed E-state index contributed by atoms with van der Waals surface area (Å²) in [5.41, 5.74) is 11.3. The SMILES string of the molecule is CN(C)c1ccc(C(c2ccc(OCCCC(=O)NCCOCCOCCOCCOCCOCCOCCOCCN)cc2)c2ccc(N(C)C)cc2)cc1. The molecule has 1 amide bonds. The summed E-state index contributed by atoms with van der Waals surface area (Å²) in [6.45, 7) is 8.39. The van der Waals surface area contributed by atoms with Crippen LogP contribution in [0.5, 0.6) is 5.75 Å². The van der Waals surface area contributed by atoms with E-state index >= 15 is 0 Å². The molecule has 56 heavy (non-hydrogen) atoms. The third-order valence-electron chi connectivity index (χ3n) is 8.58. The Balaban J connectivity index is 1.17. The third-order valence-corrected chi connectivity index (χ3v) is 8.58. The summed E-state index contributed by atoms with van der Waals surface area (Å²) in [7, 11) is 8.21. The molecule has 0 saturated carbocycles. The molecule has 3 rings (SSSR count). The molecule has 3 aromatic carbocycles. The normalized spacial score (nSPS) is 11.2. The van der Waals surface area contributed by atoms with Gasteiger partial charge >= 0.3 is 0 Å². The van der Waals surface area contributed by atoms with Crippen molar-refractivity contribution in [2.24, 2.45) is 5.73 Å². The summed E-state index contributed by atoms with van der Waals surface area (Å²) >= 11 is 0. The molecule has 0 bridgehead atoms. The van der Waals surface area contributed by atoms with Crippen LogP contribution in [-0.2, 0) is 38.0 Å². The van der Waals surface area contributed by atoms with Gasteiger partial charge in [0.15, 0.2) is 0 Å². The van der Waals surface area contributed by atoms with Gasteiger partial charge in [0.2, 0.25) is 5.91 Å². The van der Waals surface area contributed by atoms with Gasteiger partial charge in [0, 0.05) is 65.0 Å². The van der Waals surface area contributed by atoms with Gasteiger partial charge in [0.25, 0.3) is 0 Å². The Kier molecular flexibility index (Phi) is 24.5. The number of carbonyl (C=O) groups is 1. The molecule has 0 aliphatic heterocycles. The summed E-state index contributed by atoms with van der Waals surface area (Å²) in [5, 5.41) is 2.90. The Bertz CT molecular complexity index is 1360. The van der Waals surface area contributed by atoms with E-state index in [-0.39, 0.29) is 11.8 Å². The van der Waals surface area contributed by atoms with Crippen LogP contribution < -0.4 is 25.6 Å². The first-order valence-electron chi connectivity index (χ1n) is 19.7. The summed E-state index contributed by atoms with van der Waals surface area (Å²) in [6.07, 6.45) is 1.00. The van der Waals surface area contributed by atoms with Gasteiger partial charge in [-0.15, -0.1) is 0 Å². The van der Waals surface area contributed by atoms with Gasteiger partial charge in [-0.1, -0.05) is 36.4 Å². The lowest BCUT2D eigenvalue weighted by atomic mass is 9.85. The fourth-order valence-corrected chi connectivity index (χ4v) is 5.54. The van der Waals surface area contributed by atoms with Crippen LogP contribution in [0.4, 0.5) is 11.4 Å². The summed E-state index contributed by atoms with van der Waals surface area (Å²) in [6, 6.07) is 25.8. The highest BCUT2D eigenvalue weighted by molar-refractivity contribution is 5.75. The van der Waals surface area contributed by atoms with E-state index < -0.39 is 0 Å². The molecule has 13 heteroatoms. The summed E-state index contributed by atoms with van der Waals surface area (Å²) < 4.78 is 44.1. The predicted octanol–water partition coefficient (Wildman–Crippen LogP) is 4.35. The number of nitrogens with two attached hydrogens (primary N) is 1. The molecule has 0 spiro atoms. The number of nitrogens with one attached hydrogen (secondary N) is 1. The monoisotopic (exact) mass is 782 g/mol. The minimum absolute atomic E-state index is 0.0216. The molecule has 0 fully saturated rings. The number of ether oxygens (including phenoxy) is 8. The van der Waals surface area contributed by atoms with Gasteiger partial charge in [-0.2, -0.15) is 0 Å². The smallest absolute Gasteiger partial charge is 0.220 e. The average molecular weight is 783 g/mol. The lowest BCUT2D eigenvalue weighted by Gasteiger charge is -2.22. The predicted molar refractivity (Wildman–Crippen MR) is 221 cm³/mol. The second-order valence-corrected chi connectivity index (χ2v) is 13.4. The maximum absolute atomic E-state index is 12.3. The second kappa shape index (κ2) is 29.5. The highest BCUT2D eigenvalue weighted by atomic mass is 16.6. The Labute approximate surface area is 334 Å². The van der Waals surface area contributed by atoms with Crippen LogP contribution in [0.2, 0.25) is 0 Å². The number of nitrogens with zero attached hydrogens (tertiary/aromatic N) is 2. The number of benzene rings is 3. The Hall–Kier alpha value is -3.79. The van der Waals surface area contributed by atoms with E-state index in [1.807, 2.05) is 12.1 Å². The van der Waals surface area contributed by atoms with Gasteiger partial charge in [0.05, 0.1) is 99.1 Å². The van der Waals surface area contributed by atoms with Gasteiger partial charge in [-0.05, 0) is 59.5 Å². The van der Waals surface area contributed by atoms with Crippen LogP contribution in [0.1, 0.15) is 35.4 Å². The van der Waals surface area contributed by atoms with Crippen molar-refractivity contribution in [2.45, 2.75) is 18.8 Å². The van der Waals surface area contributed by atoms with Crippen molar-refractivity contribution < 1.29 is 42.7 Å². The van der Waals surface area contributed by atoms with Gasteiger partial charge < -0.3 is 58.7 Å². The van der Waals surface area contributed by atoms with Crippen molar-refractivity contribution >= 4 is 17.3 Å². The standard InChI is InChI=1S/C43H66N4O9/c1-46(2)39-13-7-36(8-14-39)43(37-9-15-40(16-10-37)47(3)4)38-11-17-41(18-12-38)56-21-5-6-42(48)45-20-23-50-25-27-52-29-31-54-33-35-55-34-32-53-30-28-51-26-24-49-22-19-44/h7-18,43H,5-6,19-35,44H2,1-4H3,(H,45,48). The summed E-state index contributed by atoms with van der Waals surface area (Å²) in [4.78, 5) is 16.5. The minimum atomic E-state index is -0.0216. The van der Waals surface area contributed by atoms with E-state index in [0.29, 0.717) is 125 Å². The fraction of sp³-hybridized carbons (Fsp3) is 0.558. The molecule has 0 saturated heterocycles. The minimum Gasteiger partial charge on any atom is -0.494 e. The van der Waals surface area contributed by atoms with Crippen molar-refractivity contribution in [1.29, 1.82) is 0 Å². The molecule has 13 nitrogen and oxygen atoms in total. The first-order valence-corrected chi connectivity index (χ1v) is 19.7. The number of hydrogen-bond donors (Lipinski definition) is 2. The van der Waals surface area contributed by atoms with Crippen molar-refractivity contribution in [3.63, 3.8) is 0 Å². The van der Waals surface area contributed by atoms with Crippen molar-refractivity contribution in [2.75, 3.05) is 150 Å². The van der Waals surface area contributed by atoms with Crippen LogP contribution in [0.15, 0.2) is 72.8 Å². The molecule has 0 aliphatic rings. The molecule has 3 N–H and O–H groups in total. The van der Waals surface area contributed by atoms with E-state index in [9.17, 15) is 4.79 Å². The highest BCUT2D eigenvalue weighted by Crippen LogP contribution is 2.34. The van der Waals surface area contributed by atoms with E-state index in [4.69, 9.17) is 43.6 Å². The number of rotatable bonds is 33. The van der Waals surface area contributed by atoms with Gasteiger partial charge in [0.1, 0.15) is 5.75 Å². The fourth-order valence-electron chi connectivity index (χ4n) is 5.54. The van der Waals surface area contributed by atoms with Crippen molar-refractivity contribution in [1.82, 2.24) is 5.32 Å². The largest absolute Gasteiger partial charge is 0.494 e. The first-order chi connectivity index (χ1) is 27.4.